The van der Waals surface area contributed by atoms with E-state index >= 15 is 0 Å². The van der Waals surface area contributed by atoms with E-state index in [1.54, 1.807) is 23.1 Å². The summed E-state index contributed by atoms with van der Waals surface area (Å²) >= 11 is 0. The summed E-state index contributed by atoms with van der Waals surface area (Å²) in [5, 5.41) is 13.4. The number of nitrogens with zero attached hydrogens (tertiary/aromatic N) is 3. The highest BCUT2D eigenvalue weighted by Crippen LogP contribution is 2.11. The van der Waals surface area contributed by atoms with Crippen LogP contribution in [0.25, 0.3) is 0 Å². The maximum atomic E-state index is 12.0. The zero-order valence-electron chi connectivity index (χ0n) is 15.0. The third-order valence-electron chi connectivity index (χ3n) is 3.26. The summed E-state index contributed by atoms with van der Waals surface area (Å²) in [5.74, 6) is 0.671. The van der Waals surface area contributed by atoms with Gasteiger partial charge in [-0.15, -0.1) is 0 Å². The standard InChI is InChI=1S/C18H26N6O/c1-4-19-18(22-14(2)3)20-12-15-7-5-8-16(11-15)23-17(25)13-24-10-6-9-21-24/h5-11,14H,4,12-13H2,1-3H3,(H,23,25)(H2,19,20,22). The van der Waals surface area contributed by atoms with Crippen LogP contribution in [0.15, 0.2) is 47.7 Å². The number of anilines is 1. The highest BCUT2D eigenvalue weighted by atomic mass is 16.2. The number of hydrogen-bond donors (Lipinski definition) is 3. The van der Waals surface area contributed by atoms with Crippen molar-refractivity contribution in [3.63, 3.8) is 0 Å². The molecule has 0 saturated heterocycles. The zero-order chi connectivity index (χ0) is 18.1. The Hall–Kier alpha value is -2.83. The van der Waals surface area contributed by atoms with Gasteiger partial charge in [0, 0.05) is 30.7 Å². The molecule has 7 heteroatoms. The first kappa shape index (κ1) is 18.5. The van der Waals surface area contributed by atoms with Crippen LogP contribution in [-0.2, 0) is 17.9 Å². The Kier molecular flexibility index (Phi) is 7.00. The Labute approximate surface area is 148 Å². The van der Waals surface area contributed by atoms with Gasteiger partial charge in [-0.3, -0.25) is 9.48 Å². The van der Waals surface area contributed by atoms with Gasteiger partial charge in [0.05, 0.1) is 6.54 Å². The molecule has 1 amide bonds. The van der Waals surface area contributed by atoms with Crippen molar-refractivity contribution in [3.05, 3.63) is 48.3 Å². The predicted molar refractivity (Wildman–Crippen MR) is 100 cm³/mol. The van der Waals surface area contributed by atoms with E-state index in [0.29, 0.717) is 12.6 Å². The molecule has 0 fully saturated rings. The molecule has 1 heterocycles. The molecule has 7 nitrogen and oxygen atoms in total. The summed E-state index contributed by atoms with van der Waals surface area (Å²) in [6.07, 6.45) is 3.41. The summed E-state index contributed by atoms with van der Waals surface area (Å²) in [5.41, 5.74) is 1.78. The Morgan fingerprint density at radius 2 is 2.16 bits per heavy atom. The smallest absolute Gasteiger partial charge is 0.246 e. The molecule has 0 unspecified atom stereocenters. The van der Waals surface area contributed by atoms with Gasteiger partial charge in [0.2, 0.25) is 5.91 Å². The zero-order valence-corrected chi connectivity index (χ0v) is 15.0. The van der Waals surface area contributed by atoms with Crippen LogP contribution < -0.4 is 16.0 Å². The molecule has 0 saturated carbocycles. The van der Waals surface area contributed by atoms with E-state index in [1.165, 1.54) is 0 Å². The molecule has 25 heavy (non-hydrogen) atoms. The van der Waals surface area contributed by atoms with E-state index < -0.39 is 0 Å². The van der Waals surface area contributed by atoms with Crippen LogP contribution in [-0.4, -0.2) is 34.2 Å². The van der Waals surface area contributed by atoms with Crippen LogP contribution in [0, 0.1) is 0 Å². The first-order valence-electron chi connectivity index (χ1n) is 8.48. The van der Waals surface area contributed by atoms with Gasteiger partial charge in [-0.2, -0.15) is 5.10 Å². The lowest BCUT2D eigenvalue weighted by atomic mass is 10.2. The number of rotatable bonds is 7. The Bertz CT molecular complexity index is 693. The van der Waals surface area contributed by atoms with Gasteiger partial charge in [0.25, 0.3) is 0 Å². The number of carbonyl (C=O) groups is 1. The normalized spacial score (nSPS) is 11.4. The quantitative estimate of drug-likeness (QED) is 0.531. The Morgan fingerprint density at radius 3 is 2.84 bits per heavy atom. The summed E-state index contributed by atoms with van der Waals surface area (Å²) in [4.78, 5) is 16.6. The molecule has 0 spiro atoms. The summed E-state index contributed by atoms with van der Waals surface area (Å²) in [7, 11) is 0. The highest BCUT2D eigenvalue weighted by molar-refractivity contribution is 5.90. The van der Waals surface area contributed by atoms with Gasteiger partial charge >= 0.3 is 0 Å². The average molecular weight is 342 g/mol. The third kappa shape index (κ3) is 6.66. The lowest BCUT2D eigenvalue weighted by molar-refractivity contribution is -0.116. The fourth-order valence-corrected chi connectivity index (χ4v) is 2.25. The molecule has 0 radical (unpaired) electrons. The van der Waals surface area contributed by atoms with Gasteiger partial charge in [-0.25, -0.2) is 4.99 Å². The van der Waals surface area contributed by atoms with Crippen LogP contribution in [0.5, 0.6) is 0 Å². The van der Waals surface area contributed by atoms with Crippen LogP contribution in [0.2, 0.25) is 0 Å². The first-order valence-corrected chi connectivity index (χ1v) is 8.48. The van der Waals surface area contributed by atoms with Crippen LogP contribution >= 0.6 is 0 Å². The fraction of sp³-hybridized carbons (Fsp3) is 0.389. The van der Waals surface area contributed by atoms with Crippen molar-refractivity contribution in [1.29, 1.82) is 0 Å². The molecule has 2 aromatic rings. The Morgan fingerprint density at radius 1 is 1.32 bits per heavy atom. The van der Waals surface area contributed by atoms with Crippen molar-refractivity contribution in [2.24, 2.45) is 4.99 Å². The number of aromatic nitrogens is 2. The fourth-order valence-electron chi connectivity index (χ4n) is 2.25. The van der Waals surface area contributed by atoms with Crippen molar-refractivity contribution in [3.8, 4) is 0 Å². The lowest BCUT2D eigenvalue weighted by Gasteiger charge is -2.14. The largest absolute Gasteiger partial charge is 0.357 e. The molecule has 1 aromatic carbocycles. The minimum Gasteiger partial charge on any atom is -0.357 e. The number of nitrogens with one attached hydrogen (secondary N) is 3. The SMILES string of the molecule is CCNC(=NCc1cccc(NC(=O)Cn2cccn2)c1)NC(C)C. The van der Waals surface area contributed by atoms with Crippen LogP contribution in [0.1, 0.15) is 26.3 Å². The van der Waals surface area contributed by atoms with E-state index in [1.807, 2.05) is 31.2 Å². The van der Waals surface area contributed by atoms with Crippen molar-refractivity contribution in [2.75, 3.05) is 11.9 Å². The summed E-state index contributed by atoms with van der Waals surface area (Å²) in [6, 6.07) is 9.81. The van der Waals surface area contributed by atoms with E-state index in [2.05, 4.69) is 39.9 Å². The first-order chi connectivity index (χ1) is 12.1. The van der Waals surface area contributed by atoms with Gasteiger partial charge < -0.3 is 16.0 Å². The summed E-state index contributed by atoms with van der Waals surface area (Å²) < 4.78 is 1.59. The van der Waals surface area contributed by atoms with Crippen molar-refractivity contribution in [2.45, 2.75) is 39.9 Å². The molecule has 2 rings (SSSR count). The average Bonchev–Trinajstić information content (AvgIpc) is 3.05. The van der Waals surface area contributed by atoms with Crippen LogP contribution in [0.3, 0.4) is 0 Å². The van der Waals surface area contributed by atoms with Crippen molar-refractivity contribution in [1.82, 2.24) is 20.4 Å². The number of amides is 1. The van der Waals surface area contributed by atoms with Crippen LogP contribution in [0.4, 0.5) is 5.69 Å². The molecule has 3 N–H and O–H groups in total. The number of benzene rings is 1. The Balaban J connectivity index is 1.96. The molecule has 134 valence electrons. The molecular formula is C18H26N6O. The number of carbonyl (C=O) groups excluding carboxylic acids is 1. The topological polar surface area (TPSA) is 83.3 Å². The van der Waals surface area contributed by atoms with Gasteiger partial charge in [0.15, 0.2) is 5.96 Å². The molecule has 0 aliphatic carbocycles. The molecule has 1 aromatic heterocycles. The number of hydrogen-bond acceptors (Lipinski definition) is 3. The molecule has 0 atom stereocenters. The maximum absolute atomic E-state index is 12.0. The monoisotopic (exact) mass is 342 g/mol. The minimum absolute atomic E-state index is 0.112. The molecule has 0 aliphatic heterocycles. The minimum atomic E-state index is -0.112. The van der Waals surface area contributed by atoms with E-state index in [4.69, 9.17) is 0 Å². The molecular weight excluding hydrogens is 316 g/mol. The molecule has 0 aliphatic rings. The highest BCUT2D eigenvalue weighted by Gasteiger charge is 2.05. The third-order valence-corrected chi connectivity index (χ3v) is 3.26. The number of guanidine groups is 1. The maximum Gasteiger partial charge on any atom is 0.246 e. The molecule has 0 bridgehead atoms. The summed E-state index contributed by atoms with van der Waals surface area (Å²) in [6.45, 7) is 7.71. The lowest BCUT2D eigenvalue weighted by Crippen LogP contribution is -2.40. The van der Waals surface area contributed by atoms with Gasteiger partial charge in [-0.05, 0) is 44.5 Å². The van der Waals surface area contributed by atoms with Crippen molar-refractivity contribution < 1.29 is 4.79 Å². The predicted octanol–water partition coefficient (Wildman–Crippen LogP) is 1.99. The van der Waals surface area contributed by atoms with Crippen molar-refractivity contribution >= 4 is 17.6 Å². The second kappa shape index (κ2) is 9.46. The second-order valence-corrected chi connectivity index (χ2v) is 5.95. The van der Waals surface area contributed by atoms with E-state index in [-0.39, 0.29) is 12.5 Å². The number of aliphatic imine (C=N–C) groups is 1. The van der Waals surface area contributed by atoms with Gasteiger partial charge in [0.1, 0.15) is 6.54 Å². The van der Waals surface area contributed by atoms with E-state index in [9.17, 15) is 4.79 Å². The second-order valence-electron chi connectivity index (χ2n) is 5.95. The van der Waals surface area contributed by atoms with E-state index in [0.717, 1.165) is 23.8 Å². The van der Waals surface area contributed by atoms with Gasteiger partial charge in [-0.1, -0.05) is 12.1 Å².